The molecule has 0 bridgehead atoms. The third-order valence-electron chi connectivity index (χ3n) is 2.63. The highest BCUT2D eigenvalue weighted by Gasteiger charge is 2.20. The quantitative estimate of drug-likeness (QED) is 0.776. The van der Waals surface area contributed by atoms with Gasteiger partial charge >= 0.3 is 0 Å². The lowest BCUT2D eigenvalue weighted by Gasteiger charge is -2.11. The molecule has 1 aromatic heterocycles. The largest absolute Gasteiger partial charge is 0.330 e. The van der Waals surface area contributed by atoms with E-state index in [9.17, 15) is 0 Å². The Labute approximate surface area is 98.2 Å². The maximum absolute atomic E-state index is 5.47. The van der Waals surface area contributed by atoms with Crippen molar-refractivity contribution >= 4 is 0 Å². The Kier molecular flexibility index (Phi) is 4.47. The fourth-order valence-electron chi connectivity index (χ4n) is 1.56. The third-order valence-corrected chi connectivity index (χ3v) is 2.63. The second kappa shape index (κ2) is 5.43. The molecule has 1 aromatic rings. The molecule has 0 spiro atoms. The molecule has 0 aliphatic rings. The average molecular weight is 224 g/mol. The van der Waals surface area contributed by atoms with E-state index >= 15 is 0 Å². The zero-order valence-electron chi connectivity index (χ0n) is 11.0. The molecule has 0 amide bonds. The molecule has 16 heavy (non-hydrogen) atoms. The Morgan fingerprint density at radius 2 is 1.88 bits per heavy atom. The molecule has 0 radical (unpaired) electrons. The van der Waals surface area contributed by atoms with Crippen LogP contribution in [0.4, 0.5) is 0 Å². The molecule has 0 saturated heterocycles. The SMILES string of the molecule is Cn1nc(C(C)(C)C)nc1CCCCCN. The highest BCUT2D eigenvalue weighted by Crippen LogP contribution is 2.18. The van der Waals surface area contributed by atoms with Gasteiger partial charge < -0.3 is 5.73 Å². The molecule has 4 nitrogen and oxygen atoms in total. The topological polar surface area (TPSA) is 56.7 Å². The lowest BCUT2D eigenvalue weighted by molar-refractivity contribution is 0.538. The van der Waals surface area contributed by atoms with Gasteiger partial charge in [-0.15, -0.1) is 0 Å². The predicted molar refractivity (Wildman–Crippen MR) is 66.3 cm³/mol. The Morgan fingerprint density at radius 3 is 2.38 bits per heavy atom. The van der Waals surface area contributed by atoms with Crippen LogP contribution in [0.15, 0.2) is 0 Å². The molecule has 0 aliphatic heterocycles. The van der Waals surface area contributed by atoms with E-state index in [1.807, 2.05) is 11.7 Å². The van der Waals surface area contributed by atoms with E-state index in [1.54, 1.807) is 0 Å². The lowest BCUT2D eigenvalue weighted by atomic mass is 9.96. The minimum absolute atomic E-state index is 0.0350. The summed E-state index contributed by atoms with van der Waals surface area (Å²) in [6.45, 7) is 7.20. The van der Waals surface area contributed by atoms with Crippen molar-refractivity contribution in [2.24, 2.45) is 12.8 Å². The first-order valence-electron chi connectivity index (χ1n) is 6.05. The summed E-state index contributed by atoms with van der Waals surface area (Å²) in [5, 5.41) is 4.46. The van der Waals surface area contributed by atoms with Gasteiger partial charge in [-0.2, -0.15) is 5.10 Å². The van der Waals surface area contributed by atoms with Crippen molar-refractivity contribution in [1.29, 1.82) is 0 Å². The van der Waals surface area contributed by atoms with E-state index in [0.717, 1.165) is 37.5 Å². The lowest BCUT2D eigenvalue weighted by Crippen LogP contribution is -2.13. The van der Waals surface area contributed by atoms with E-state index < -0.39 is 0 Å². The van der Waals surface area contributed by atoms with E-state index in [0.29, 0.717) is 0 Å². The molecule has 0 atom stereocenters. The van der Waals surface area contributed by atoms with Gasteiger partial charge in [-0.05, 0) is 19.4 Å². The van der Waals surface area contributed by atoms with Crippen molar-refractivity contribution in [3.63, 3.8) is 0 Å². The minimum Gasteiger partial charge on any atom is -0.330 e. The summed E-state index contributed by atoms with van der Waals surface area (Å²) in [6, 6.07) is 0. The van der Waals surface area contributed by atoms with E-state index in [4.69, 9.17) is 5.73 Å². The van der Waals surface area contributed by atoms with Crippen LogP contribution in [-0.2, 0) is 18.9 Å². The Balaban J connectivity index is 2.57. The van der Waals surface area contributed by atoms with Crippen molar-refractivity contribution in [3.8, 4) is 0 Å². The van der Waals surface area contributed by atoms with Crippen molar-refractivity contribution in [3.05, 3.63) is 11.6 Å². The van der Waals surface area contributed by atoms with Gasteiger partial charge in [-0.25, -0.2) is 4.98 Å². The van der Waals surface area contributed by atoms with Crippen LogP contribution >= 0.6 is 0 Å². The smallest absolute Gasteiger partial charge is 0.156 e. The number of aromatic nitrogens is 3. The Bertz CT molecular complexity index is 322. The molecule has 0 aromatic carbocycles. The summed E-state index contributed by atoms with van der Waals surface area (Å²) < 4.78 is 1.91. The van der Waals surface area contributed by atoms with Crippen LogP contribution in [0.3, 0.4) is 0 Å². The van der Waals surface area contributed by atoms with Crippen LogP contribution in [0, 0.1) is 0 Å². The van der Waals surface area contributed by atoms with E-state index in [2.05, 4.69) is 30.9 Å². The number of unbranched alkanes of at least 4 members (excludes halogenated alkanes) is 2. The fourth-order valence-corrected chi connectivity index (χ4v) is 1.56. The molecule has 0 unspecified atom stereocenters. The first-order valence-corrected chi connectivity index (χ1v) is 6.05. The van der Waals surface area contributed by atoms with Crippen LogP contribution in [0.5, 0.6) is 0 Å². The number of aryl methyl sites for hydroxylation is 2. The molecular formula is C12H24N4. The molecule has 4 heteroatoms. The van der Waals surface area contributed by atoms with Crippen molar-refractivity contribution in [2.75, 3.05) is 6.54 Å². The predicted octanol–water partition coefficient (Wildman–Crippen LogP) is 1.78. The second-order valence-corrected chi connectivity index (χ2v) is 5.32. The standard InChI is InChI=1S/C12H24N4/c1-12(2,3)11-14-10(16(4)15-11)8-6-5-7-9-13/h5-9,13H2,1-4H3. The summed E-state index contributed by atoms with van der Waals surface area (Å²) in [4.78, 5) is 4.60. The number of nitrogens with two attached hydrogens (primary N) is 1. The zero-order valence-corrected chi connectivity index (χ0v) is 11.0. The van der Waals surface area contributed by atoms with Gasteiger partial charge in [-0.3, -0.25) is 4.68 Å². The number of hydrogen-bond donors (Lipinski definition) is 1. The van der Waals surface area contributed by atoms with Crippen LogP contribution in [0.25, 0.3) is 0 Å². The number of nitrogens with zero attached hydrogens (tertiary/aromatic N) is 3. The summed E-state index contributed by atoms with van der Waals surface area (Å²) in [7, 11) is 1.97. The maximum atomic E-state index is 5.47. The summed E-state index contributed by atoms with van der Waals surface area (Å²) in [6.07, 6.45) is 4.42. The minimum atomic E-state index is 0.0350. The average Bonchev–Trinajstić information content (AvgIpc) is 2.55. The van der Waals surface area contributed by atoms with Crippen molar-refractivity contribution in [1.82, 2.24) is 14.8 Å². The van der Waals surface area contributed by atoms with Gasteiger partial charge in [0.1, 0.15) is 5.82 Å². The number of hydrogen-bond acceptors (Lipinski definition) is 3. The van der Waals surface area contributed by atoms with E-state index in [1.165, 1.54) is 6.42 Å². The van der Waals surface area contributed by atoms with Crippen LogP contribution in [-0.4, -0.2) is 21.3 Å². The number of rotatable bonds is 5. The molecule has 1 rings (SSSR count). The van der Waals surface area contributed by atoms with Gasteiger partial charge in [0, 0.05) is 18.9 Å². The molecule has 2 N–H and O–H groups in total. The first kappa shape index (κ1) is 13.2. The molecule has 0 fully saturated rings. The monoisotopic (exact) mass is 224 g/mol. The molecule has 92 valence electrons. The highest BCUT2D eigenvalue weighted by molar-refractivity contribution is 5.03. The van der Waals surface area contributed by atoms with Crippen LogP contribution in [0.1, 0.15) is 51.7 Å². The van der Waals surface area contributed by atoms with Gasteiger partial charge in [0.15, 0.2) is 5.82 Å². The summed E-state index contributed by atoms with van der Waals surface area (Å²) in [5.41, 5.74) is 5.50. The summed E-state index contributed by atoms with van der Waals surface area (Å²) >= 11 is 0. The van der Waals surface area contributed by atoms with Crippen LogP contribution in [0.2, 0.25) is 0 Å². The van der Waals surface area contributed by atoms with Crippen molar-refractivity contribution in [2.45, 2.75) is 51.9 Å². The molecule has 0 saturated carbocycles. The maximum Gasteiger partial charge on any atom is 0.156 e. The second-order valence-electron chi connectivity index (χ2n) is 5.32. The Morgan fingerprint density at radius 1 is 1.19 bits per heavy atom. The highest BCUT2D eigenvalue weighted by atomic mass is 15.3. The van der Waals surface area contributed by atoms with Crippen molar-refractivity contribution < 1.29 is 0 Å². The molecular weight excluding hydrogens is 200 g/mol. The zero-order chi connectivity index (χ0) is 12.2. The van der Waals surface area contributed by atoms with E-state index in [-0.39, 0.29) is 5.41 Å². The van der Waals surface area contributed by atoms with Gasteiger partial charge in [0.25, 0.3) is 0 Å². The third kappa shape index (κ3) is 3.59. The van der Waals surface area contributed by atoms with Gasteiger partial charge in [-0.1, -0.05) is 27.2 Å². The molecule has 1 heterocycles. The normalized spacial score (nSPS) is 12.1. The Hall–Kier alpha value is -0.900. The first-order chi connectivity index (χ1) is 7.45. The van der Waals surface area contributed by atoms with Gasteiger partial charge in [0.2, 0.25) is 0 Å². The van der Waals surface area contributed by atoms with Crippen LogP contribution < -0.4 is 5.73 Å². The van der Waals surface area contributed by atoms with Gasteiger partial charge in [0.05, 0.1) is 0 Å². The molecule has 0 aliphatic carbocycles. The fraction of sp³-hybridized carbons (Fsp3) is 0.833. The summed E-state index contributed by atoms with van der Waals surface area (Å²) in [5.74, 6) is 2.02.